The first-order chi connectivity index (χ1) is 43.1. The summed E-state index contributed by atoms with van der Waals surface area (Å²) in [6, 6.07) is -8.28. The van der Waals surface area contributed by atoms with Gasteiger partial charge in [-0.05, 0) is 116 Å². The number of thioether (sulfide) groups is 1. The normalized spacial score (nSPS) is 13.5. The average molecular weight is 1270 g/mol. The molecule has 23 heteroatoms. The predicted molar refractivity (Wildman–Crippen MR) is 357 cm³/mol. The fourth-order valence-corrected chi connectivity index (χ4v) is 11.2. The van der Waals surface area contributed by atoms with Gasteiger partial charge in [0, 0.05) is 31.0 Å². The zero-order valence-electron chi connectivity index (χ0n) is 55.9. The van der Waals surface area contributed by atoms with Crippen LogP contribution in [-0.2, 0) is 33.6 Å². The summed E-state index contributed by atoms with van der Waals surface area (Å²) in [5.41, 5.74) is 22.9. The number of hydrogen-bond donors (Lipinski definition) is 14. The Bertz CT molecular complexity index is 1830. The summed E-state index contributed by atoms with van der Waals surface area (Å²) in [7, 11) is 0. The fourth-order valence-electron chi connectivity index (χ4n) is 10.3. The van der Waals surface area contributed by atoms with Crippen LogP contribution in [0.2, 0.25) is 1.41 Å². The number of carbonyl (C=O) groups is 8. The lowest BCUT2D eigenvalue weighted by Gasteiger charge is -2.27. The van der Waals surface area contributed by atoms with Gasteiger partial charge in [-0.3, -0.25) is 28.8 Å². The van der Waals surface area contributed by atoms with Gasteiger partial charge in [0.15, 0.2) is 1.41 Å². The van der Waals surface area contributed by atoms with Crippen LogP contribution in [-0.4, -0.2) is 151 Å². The number of aliphatic hydroxyl groups is 1. The van der Waals surface area contributed by atoms with Gasteiger partial charge in [0.1, 0.15) is 36.3 Å². The molecule has 88 heavy (non-hydrogen) atoms. The van der Waals surface area contributed by atoms with E-state index in [1.54, 1.807) is 0 Å². The zero-order valence-corrected chi connectivity index (χ0v) is 55.8. The second-order valence-corrected chi connectivity index (χ2v) is 25.0. The third kappa shape index (κ3) is 47.6. The van der Waals surface area contributed by atoms with Crippen molar-refractivity contribution in [3.63, 3.8) is 0 Å². The van der Waals surface area contributed by atoms with Crippen molar-refractivity contribution in [1.82, 2.24) is 42.5 Å². The van der Waals surface area contributed by atoms with Gasteiger partial charge < -0.3 is 75.7 Å². The van der Waals surface area contributed by atoms with Crippen molar-refractivity contribution in [3.05, 3.63) is 0 Å². The maximum Gasteiger partial charge on any atom is 0.326 e. The molecule has 8 amide bonds. The SMILES string of the molecule is [2H]N(C(=O)CCCCCCCCCCCCCCC)[C@@H](CSCCNC(=O)NCCCCCCCCCCCCCCCC)C(=O)N[C@@H](CO)C(=O)N[C@@H](CCCCN)C(=O)N[C@@H](CCCCN)C(=O)N[C@@H](CCCCN)C(=O)N[C@@H](CCCCN)C(=O)O. The second-order valence-electron chi connectivity index (χ2n) is 23.8. The van der Waals surface area contributed by atoms with Crippen LogP contribution in [0, 0.1) is 0 Å². The maximum atomic E-state index is 14.2. The van der Waals surface area contributed by atoms with Crippen LogP contribution in [0.15, 0.2) is 0 Å². The molecular weight excluding hydrogens is 1140 g/mol. The first kappa shape index (κ1) is 81.7. The van der Waals surface area contributed by atoms with Crippen molar-refractivity contribution < 1.29 is 50.0 Å². The quantitative estimate of drug-likeness (QED) is 0.0262. The number of carboxylic acids is 1. The third-order valence-electron chi connectivity index (χ3n) is 15.8. The number of unbranched alkanes of at least 4 members (excludes halogenated alkanes) is 29. The number of carbonyl (C=O) groups excluding carboxylic acids is 7. The molecule has 0 bridgehead atoms. The molecule has 0 heterocycles. The van der Waals surface area contributed by atoms with E-state index in [0.29, 0.717) is 95.0 Å². The van der Waals surface area contributed by atoms with E-state index in [9.17, 15) is 48.6 Å². The van der Waals surface area contributed by atoms with Gasteiger partial charge in [-0.15, -0.1) is 0 Å². The van der Waals surface area contributed by atoms with E-state index in [0.717, 1.165) is 44.9 Å². The topological polar surface area (TPSA) is 377 Å². The van der Waals surface area contributed by atoms with E-state index < -0.39 is 84.3 Å². The molecule has 0 fully saturated rings. The Labute approximate surface area is 536 Å². The van der Waals surface area contributed by atoms with E-state index in [1.165, 1.54) is 134 Å². The number of nitrogens with two attached hydrogens (primary N) is 4. The van der Waals surface area contributed by atoms with Gasteiger partial charge in [-0.25, -0.2) is 9.59 Å². The molecule has 0 aromatic carbocycles. The van der Waals surface area contributed by atoms with Crippen LogP contribution in [0.3, 0.4) is 0 Å². The first-order valence-electron chi connectivity index (χ1n) is 35.2. The van der Waals surface area contributed by atoms with Gasteiger partial charge >= 0.3 is 12.0 Å². The predicted octanol–water partition coefficient (Wildman–Crippen LogP) is 7.48. The largest absolute Gasteiger partial charge is 0.480 e. The van der Waals surface area contributed by atoms with Gasteiger partial charge in [-0.2, -0.15) is 11.8 Å². The van der Waals surface area contributed by atoms with Crippen molar-refractivity contribution in [2.24, 2.45) is 22.9 Å². The second kappa shape index (κ2) is 60.3. The van der Waals surface area contributed by atoms with Gasteiger partial charge in [0.25, 0.3) is 0 Å². The molecule has 0 saturated heterocycles. The van der Waals surface area contributed by atoms with Crippen LogP contribution in [0.25, 0.3) is 0 Å². The highest BCUT2D eigenvalue weighted by molar-refractivity contribution is 7.99. The van der Waals surface area contributed by atoms with Crippen LogP contribution in [0.4, 0.5) is 4.79 Å². The summed E-state index contributed by atoms with van der Waals surface area (Å²) in [6.45, 7) is 5.58. The summed E-state index contributed by atoms with van der Waals surface area (Å²) in [5, 5.41) is 39.9. The molecule has 0 saturated carbocycles. The molecular formula is C65H128N12O10S. The van der Waals surface area contributed by atoms with Gasteiger partial charge in [0.2, 0.25) is 35.4 Å². The molecule has 0 radical (unpaired) electrons. The minimum absolute atomic E-state index is 0.0361. The molecule has 18 N–H and O–H groups in total. The summed E-state index contributed by atoms with van der Waals surface area (Å²) in [5.74, 6) is -5.59. The van der Waals surface area contributed by atoms with E-state index in [-0.39, 0.29) is 57.0 Å². The summed E-state index contributed by atoms with van der Waals surface area (Å²) in [4.78, 5) is 108. The van der Waals surface area contributed by atoms with Crippen molar-refractivity contribution in [2.75, 3.05) is 57.4 Å². The van der Waals surface area contributed by atoms with Crippen molar-refractivity contribution in [3.8, 4) is 0 Å². The highest BCUT2D eigenvalue weighted by atomic mass is 32.2. The molecule has 0 aliphatic carbocycles. The highest BCUT2D eigenvalue weighted by Gasteiger charge is 2.33. The average Bonchev–Trinajstić information content (AvgIpc) is 3.44. The monoisotopic (exact) mass is 1270 g/mol. The van der Waals surface area contributed by atoms with Crippen LogP contribution >= 0.6 is 11.8 Å². The Hall–Kier alpha value is -4.29. The van der Waals surface area contributed by atoms with Gasteiger partial charge in [-0.1, -0.05) is 174 Å². The number of aliphatic hydroxyl groups excluding tert-OH is 1. The number of hydrogen-bond acceptors (Lipinski definition) is 14. The van der Waals surface area contributed by atoms with E-state index in [4.69, 9.17) is 24.3 Å². The zero-order chi connectivity index (χ0) is 66.0. The van der Waals surface area contributed by atoms with Crippen LogP contribution < -0.4 is 65.5 Å². The van der Waals surface area contributed by atoms with Crippen LogP contribution in [0.5, 0.6) is 0 Å². The lowest BCUT2D eigenvalue weighted by molar-refractivity contribution is -0.142. The molecule has 0 aliphatic heterocycles. The standard InChI is InChI=1S/C65H128N12O10S/c1-3-5-7-9-11-13-15-17-19-21-23-25-27-37-47-70-65(87)71-48-49-88-51-57(72-58(79)42-28-26-24-22-20-18-16-14-12-10-8-6-4-2)63(84)77-56(50-78)62(83)75-53(39-30-34-44-67)60(81)73-52(38-29-33-43-66)59(80)74-54(40-31-35-45-68)61(82)76-55(64(85)86)41-32-36-46-69/h52-57,78H,3-51,66-69H2,1-2H3,(H,72,79)(H,73,81)(H,74,80)(H,75,83)(H,76,82)(H,77,84)(H,85,86)(H2,70,71,87)/t52-,53-,54-,55-,56-,57-/m0/s1/i/hD. The summed E-state index contributed by atoms with van der Waals surface area (Å²) in [6.07, 6.45) is 36.0. The molecule has 0 unspecified atom stereocenters. The minimum atomic E-state index is -1.63. The summed E-state index contributed by atoms with van der Waals surface area (Å²) < 4.78 is 8.91. The number of aliphatic carboxylic acids is 1. The number of urea groups is 1. The van der Waals surface area contributed by atoms with Gasteiger partial charge in [0.05, 0.1) is 6.61 Å². The molecule has 0 aliphatic rings. The molecule has 0 aromatic heterocycles. The van der Waals surface area contributed by atoms with Crippen LogP contribution in [0.1, 0.15) is 271 Å². The molecule has 0 aromatic rings. The Morgan fingerprint density at radius 2 is 0.693 bits per heavy atom. The number of carboxylic acid groups (broad SMARTS) is 1. The Kier molecular flexibility index (Phi) is 56.0. The molecule has 0 rings (SSSR count). The van der Waals surface area contributed by atoms with Crippen molar-refractivity contribution in [2.45, 2.75) is 307 Å². The third-order valence-corrected chi connectivity index (χ3v) is 16.9. The fraction of sp³-hybridized carbons (Fsp3) is 0.877. The lowest BCUT2D eigenvalue weighted by Crippen LogP contribution is -2.60. The first-order valence-corrected chi connectivity index (χ1v) is 35.9. The molecule has 514 valence electrons. The van der Waals surface area contributed by atoms with E-state index in [1.807, 2.05) is 0 Å². The van der Waals surface area contributed by atoms with Crippen molar-refractivity contribution in [1.29, 1.82) is 0 Å². The van der Waals surface area contributed by atoms with E-state index in [2.05, 4.69) is 51.1 Å². The Balaban J connectivity index is 6.02. The number of rotatable bonds is 63. The Morgan fingerprint density at radius 1 is 0.386 bits per heavy atom. The van der Waals surface area contributed by atoms with E-state index >= 15 is 0 Å². The smallest absolute Gasteiger partial charge is 0.326 e. The highest BCUT2D eigenvalue weighted by Crippen LogP contribution is 2.16. The Morgan fingerprint density at radius 3 is 1.06 bits per heavy atom. The number of amides is 8. The minimum Gasteiger partial charge on any atom is -0.480 e. The molecule has 6 atom stereocenters. The molecule has 0 spiro atoms. The summed E-state index contributed by atoms with van der Waals surface area (Å²) >= 11 is 1.24. The van der Waals surface area contributed by atoms with Crippen molar-refractivity contribution >= 4 is 59.2 Å². The molecule has 22 nitrogen and oxygen atoms in total. The maximum absolute atomic E-state index is 14.2. The number of nitrogens with one attached hydrogen (secondary N) is 8. The lowest BCUT2D eigenvalue weighted by atomic mass is 10.0.